The first kappa shape index (κ1) is 16.4. The average molecular weight is 313 g/mol. The number of methoxy groups -OCH3 is 1. The minimum Gasteiger partial charge on any atom is -0.389 e. The summed E-state index contributed by atoms with van der Waals surface area (Å²) in [4.78, 5) is 0.212. The molecule has 0 aliphatic heterocycles. The van der Waals surface area contributed by atoms with Crippen LogP contribution < -0.4 is 4.72 Å². The molecule has 3 unspecified atom stereocenters. The minimum absolute atomic E-state index is 0.0721. The van der Waals surface area contributed by atoms with Gasteiger partial charge in [-0.15, -0.1) is 0 Å². The SMILES string of the molecule is COC1CC(NS(=O)(=O)c2ccc(C(C)O)cc2)C1(C)C. The van der Waals surface area contributed by atoms with Gasteiger partial charge < -0.3 is 9.84 Å². The molecular formula is C15H23NO4S. The molecule has 1 aliphatic rings. The Kier molecular flexibility index (Phi) is 4.44. The van der Waals surface area contributed by atoms with Gasteiger partial charge in [-0.2, -0.15) is 0 Å². The van der Waals surface area contributed by atoms with Crippen molar-refractivity contribution >= 4 is 10.0 Å². The maximum Gasteiger partial charge on any atom is 0.240 e. The number of rotatable bonds is 5. The van der Waals surface area contributed by atoms with Crippen molar-refractivity contribution in [1.82, 2.24) is 4.72 Å². The van der Waals surface area contributed by atoms with Crippen molar-refractivity contribution in [3.63, 3.8) is 0 Å². The van der Waals surface area contributed by atoms with Gasteiger partial charge in [0.2, 0.25) is 10.0 Å². The molecule has 3 atom stereocenters. The van der Waals surface area contributed by atoms with Crippen molar-refractivity contribution in [1.29, 1.82) is 0 Å². The highest BCUT2D eigenvalue weighted by atomic mass is 32.2. The van der Waals surface area contributed by atoms with Crippen molar-refractivity contribution in [2.45, 2.75) is 50.3 Å². The van der Waals surface area contributed by atoms with E-state index in [1.54, 1.807) is 26.2 Å². The fourth-order valence-electron chi connectivity index (χ4n) is 2.67. The number of hydrogen-bond donors (Lipinski definition) is 2. The number of nitrogens with one attached hydrogen (secondary N) is 1. The van der Waals surface area contributed by atoms with E-state index >= 15 is 0 Å². The van der Waals surface area contributed by atoms with Crippen LogP contribution in [0.5, 0.6) is 0 Å². The Morgan fingerprint density at radius 1 is 1.33 bits per heavy atom. The highest BCUT2D eigenvalue weighted by molar-refractivity contribution is 7.89. The molecule has 6 heteroatoms. The van der Waals surface area contributed by atoms with Crippen LogP contribution in [-0.4, -0.2) is 32.8 Å². The van der Waals surface area contributed by atoms with Gasteiger partial charge in [-0.25, -0.2) is 13.1 Å². The summed E-state index contributed by atoms with van der Waals surface area (Å²) in [5, 5.41) is 9.46. The molecule has 0 heterocycles. The van der Waals surface area contributed by atoms with Crippen molar-refractivity contribution in [2.75, 3.05) is 7.11 Å². The molecule has 0 bridgehead atoms. The Labute approximate surface area is 126 Å². The van der Waals surface area contributed by atoms with E-state index in [1.165, 1.54) is 12.1 Å². The van der Waals surface area contributed by atoms with Crippen molar-refractivity contribution in [3.05, 3.63) is 29.8 Å². The summed E-state index contributed by atoms with van der Waals surface area (Å²) in [7, 11) is -1.91. The standard InChI is InChI=1S/C15H23NO4S/c1-10(17)11-5-7-12(8-6-11)21(18,19)16-13-9-14(20-4)15(13,2)3/h5-8,10,13-14,16-17H,9H2,1-4H3. The lowest BCUT2D eigenvalue weighted by atomic mass is 9.65. The van der Waals surface area contributed by atoms with Crippen LogP contribution in [0.1, 0.15) is 38.9 Å². The lowest BCUT2D eigenvalue weighted by molar-refractivity contribution is -0.0908. The molecule has 1 aliphatic carbocycles. The molecule has 1 aromatic rings. The summed E-state index contributed by atoms with van der Waals surface area (Å²) in [6.07, 6.45) is 0.139. The summed E-state index contributed by atoms with van der Waals surface area (Å²) in [6.45, 7) is 5.63. The zero-order valence-electron chi connectivity index (χ0n) is 12.8. The highest BCUT2D eigenvalue weighted by Crippen LogP contribution is 2.43. The molecule has 0 radical (unpaired) electrons. The Hall–Kier alpha value is -0.950. The van der Waals surface area contributed by atoms with Crippen LogP contribution in [0.2, 0.25) is 0 Å². The average Bonchev–Trinajstić information content (AvgIpc) is 2.43. The van der Waals surface area contributed by atoms with E-state index in [0.717, 1.165) is 0 Å². The molecule has 2 rings (SSSR count). The maximum atomic E-state index is 12.4. The molecule has 0 amide bonds. The monoisotopic (exact) mass is 313 g/mol. The third kappa shape index (κ3) is 3.13. The smallest absolute Gasteiger partial charge is 0.240 e. The fourth-order valence-corrected chi connectivity index (χ4v) is 4.07. The molecule has 2 N–H and O–H groups in total. The number of ether oxygens (including phenoxy) is 1. The molecule has 0 spiro atoms. The van der Waals surface area contributed by atoms with E-state index in [4.69, 9.17) is 4.74 Å². The topological polar surface area (TPSA) is 75.6 Å². The Morgan fingerprint density at radius 2 is 1.90 bits per heavy atom. The Morgan fingerprint density at radius 3 is 2.33 bits per heavy atom. The largest absolute Gasteiger partial charge is 0.389 e. The van der Waals surface area contributed by atoms with Gasteiger partial charge in [-0.05, 0) is 31.0 Å². The third-order valence-electron chi connectivity index (χ3n) is 4.43. The predicted octanol–water partition coefficient (Wildman–Crippen LogP) is 1.83. The molecule has 0 saturated heterocycles. The van der Waals surface area contributed by atoms with E-state index in [2.05, 4.69) is 4.72 Å². The molecule has 118 valence electrons. The number of hydrogen-bond acceptors (Lipinski definition) is 4. The van der Waals surface area contributed by atoms with Crippen LogP contribution in [0.3, 0.4) is 0 Å². The number of sulfonamides is 1. The highest BCUT2D eigenvalue weighted by Gasteiger charge is 2.50. The second-order valence-electron chi connectivity index (χ2n) is 6.20. The normalized spacial score (nSPS) is 26.1. The third-order valence-corrected chi connectivity index (χ3v) is 5.92. The molecule has 21 heavy (non-hydrogen) atoms. The molecular weight excluding hydrogens is 290 g/mol. The number of aliphatic hydroxyl groups is 1. The van der Waals surface area contributed by atoms with E-state index in [9.17, 15) is 13.5 Å². The van der Waals surface area contributed by atoms with Crippen molar-refractivity contribution < 1.29 is 18.3 Å². The lowest BCUT2D eigenvalue weighted by Gasteiger charge is -2.50. The predicted molar refractivity (Wildman–Crippen MR) is 80.4 cm³/mol. The summed E-state index contributed by atoms with van der Waals surface area (Å²) < 4.78 is 32.8. The molecule has 1 saturated carbocycles. The second-order valence-corrected chi connectivity index (χ2v) is 7.91. The van der Waals surface area contributed by atoms with Gasteiger partial charge in [0.1, 0.15) is 0 Å². The van der Waals surface area contributed by atoms with Gasteiger partial charge in [0.05, 0.1) is 17.1 Å². The summed E-state index contributed by atoms with van der Waals surface area (Å²) in [5.41, 5.74) is 0.471. The van der Waals surface area contributed by atoms with Gasteiger partial charge >= 0.3 is 0 Å². The van der Waals surface area contributed by atoms with Gasteiger partial charge in [0.15, 0.2) is 0 Å². The first-order valence-electron chi connectivity index (χ1n) is 7.01. The van der Waals surface area contributed by atoms with Gasteiger partial charge in [0.25, 0.3) is 0 Å². The molecule has 5 nitrogen and oxygen atoms in total. The summed E-state index contributed by atoms with van der Waals surface area (Å²) >= 11 is 0. The molecule has 0 aromatic heterocycles. The van der Waals surface area contributed by atoms with Crippen LogP contribution in [0, 0.1) is 5.41 Å². The quantitative estimate of drug-likeness (QED) is 0.869. The number of benzene rings is 1. The first-order valence-corrected chi connectivity index (χ1v) is 8.50. The summed E-state index contributed by atoms with van der Waals surface area (Å²) in [5.74, 6) is 0. The zero-order valence-corrected chi connectivity index (χ0v) is 13.6. The van der Waals surface area contributed by atoms with Crippen LogP contribution >= 0.6 is 0 Å². The lowest BCUT2D eigenvalue weighted by Crippen LogP contribution is -2.61. The second kappa shape index (κ2) is 5.68. The van der Waals surface area contributed by atoms with E-state index in [1.807, 2.05) is 13.8 Å². The molecule has 1 fully saturated rings. The van der Waals surface area contributed by atoms with Crippen LogP contribution in [-0.2, 0) is 14.8 Å². The fraction of sp³-hybridized carbons (Fsp3) is 0.600. The number of aliphatic hydroxyl groups excluding tert-OH is 1. The molecule has 1 aromatic carbocycles. The van der Waals surface area contributed by atoms with Crippen LogP contribution in [0.4, 0.5) is 0 Å². The van der Waals surface area contributed by atoms with E-state index in [0.29, 0.717) is 12.0 Å². The van der Waals surface area contributed by atoms with E-state index < -0.39 is 16.1 Å². The Balaban J connectivity index is 2.13. The maximum absolute atomic E-state index is 12.4. The van der Waals surface area contributed by atoms with E-state index in [-0.39, 0.29) is 22.5 Å². The van der Waals surface area contributed by atoms with Crippen LogP contribution in [0.15, 0.2) is 29.2 Å². The summed E-state index contributed by atoms with van der Waals surface area (Å²) in [6, 6.07) is 6.16. The van der Waals surface area contributed by atoms with Gasteiger partial charge in [0, 0.05) is 18.6 Å². The van der Waals surface area contributed by atoms with Gasteiger partial charge in [-0.1, -0.05) is 26.0 Å². The first-order chi connectivity index (χ1) is 9.68. The van der Waals surface area contributed by atoms with Crippen molar-refractivity contribution in [2.24, 2.45) is 5.41 Å². The van der Waals surface area contributed by atoms with Crippen LogP contribution in [0.25, 0.3) is 0 Å². The Bertz CT molecular complexity index is 593. The minimum atomic E-state index is -3.55. The zero-order chi connectivity index (χ0) is 15.8. The van der Waals surface area contributed by atoms with Crippen molar-refractivity contribution in [3.8, 4) is 0 Å². The van der Waals surface area contributed by atoms with Gasteiger partial charge in [-0.3, -0.25) is 0 Å².